The molecule has 0 aliphatic heterocycles. The number of hydrogen-bond acceptors (Lipinski definition) is 12. The molecule has 0 aromatic heterocycles. The largest absolute Gasteiger partial charge is 0.489 e. The summed E-state index contributed by atoms with van der Waals surface area (Å²) < 4.78 is 31.3. The molecule has 0 unspecified atom stereocenters. The number of carbonyl (C=O) groups is 3. The lowest BCUT2D eigenvalue weighted by Gasteiger charge is -2.32. The van der Waals surface area contributed by atoms with Crippen molar-refractivity contribution in [3.05, 3.63) is 403 Å². The molecule has 15 heteroatoms. The van der Waals surface area contributed by atoms with E-state index in [0.29, 0.717) is 80.3 Å². The summed E-state index contributed by atoms with van der Waals surface area (Å²) in [5, 5.41) is 19.4. The molecule has 0 spiro atoms. The summed E-state index contributed by atoms with van der Waals surface area (Å²) in [5.41, 5.74) is 14.5. The maximum atomic E-state index is 12.4. The zero-order valence-corrected chi connectivity index (χ0v) is 81.8. The monoisotopic (exact) mass is 1830 g/mol. The van der Waals surface area contributed by atoms with Crippen molar-refractivity contribution in [2.75, 3.05) is 33.3 Å². The molecule has 0 radical (unpaired) electrons. The smallest absolute Gasteiger partial charge is 0.337 e. The van der Waals surface area contributed by atoms with Crippen LogP contribution in [0.1, 0.15) is 258 Å². The van der Waals surface area contributed by atoms with Crippen molar-refractivity contribution in [3.8, 4) is 23.0 Å². The fourth-order valence-corrected chi connectivity index (χ4v) is 17.9. The molecule has 0 fully saturated rings. The average Bonchev–Trinajstić information content (AvgIpc) is 0.858. The van der Waals surface area contributed by atoms with E-state index in [0.717, 1.165) is 124 Å². The Labute approximate surface area is 791 Å². The van der Waals surface area contributed by atoms with Gasteiger partial charge in [0.25, 0.3) is 0 Å². The van der Waals surface area contributed by atoms with Crippen molar-refractivity contribution >= 4 is 33.8 Å². The number of nitrogens with zero attached hydrogens (tertiary/aromatic N) is 4. The molecule has 12 aromatic carbocycles. The molecule has 4 atom stereocenters. The highest BCUT2D eigenvalue weighted by molar-refractivity contribution is 9.10. The molecule has 12 rings (SSSR count). The molecule has 0 aliphatic rings. The number of ether oxygens (including phenoxy) is 5. The number of carbonyl (C=O) groups excluding carboxylic acids is 1. The second-order valence-corrected chi connectivity index (χ2v) is 36.8. The molecule has 14 nitrogen and oxygen atoms in total. The predicted molar refractivity (Wildman–Crippen MR) is 541 cm³/mol. The van der Waals surface area contributed by atoms with E-state index in [-0.39, 0.29) is 40.8 Å². The van der Waals surface area contributed by atoms with Crippen LogP contribution < -0.4 is 18.9 Å². The van der Waals surface area contributed by atoms with Gasteiger partial charge >= 0.3 is 17.9 Å². The first-order valence-electron chi connectivity index (χ1n) is 46.7. The maximum Gasteiger partial charge on any atom is 0.337 e. The van der Waals surface area contributed by atoms with E-state index in [1.807, 2.05) is 140 Å². The second kappa shape index (κ2) is 53.8. The van der Waals surface area contributed by atoms with Crippen molar-refractivity contribution in [2.24, 2.45) is 0 Å². The number of methoxy groups -OCH3 is 1. The molecule has 692 valence electrons. The van der Waals surface area contributed by atoms with Gasteiger partial charge in [0.05, 0.1) is 23.8 Å². The van der Waals surface area contributed by atoms with Crippen LogP contribution in [0.3, 0.4) is 0 Å². The van der Waals surface area contributed by atoms with Gasteiger partial charge in [0.1, 0.15) is 49.4 Å². The minimum absolute atomic E-state index is 0.0243. The van der Waals surface area contributed by atoms with Gasteiger partial charge < -0.3 is 33.9 Å². The number of carboxylic acids is 2. The van der Waals surface area contributed by atoms with Crippen LogP contribution in [-0.4, -0.2) is 129 Å². The quantitative estimate of drug-likeness (QED) is 0.0349. The normalized spacial score (nSPS) is 12.4. The number of aromatic carboxylic acids is 2. The minimum atomic E-state index is -0.927. The van der Waals surface area contributed by atoms with Gasteiger partial charge in [-0.3, -0.25) is 19.6 Å². The third-order valence-electron chi connectivity index (χ3n) is 24.2. The first-order chi connectivity index (χ1) is 63.1. The minimum Gasteiger partial charge on any atom is -0.489 e. The number of rotatable bonds is 43. The Hall–Kier alpha value is -11.4. The van der Waals surface area contributed by atoms with E-state index in [2.05, 4.69) is 280 Å². The van der Waals surface area contributed by atoms with E-state index >= 15 is 0 Å². The summed E-state index contributed by atoms with van der Waals surface area (Å²) in [6.07, 6.45) is 3.68. The highest BCUT2D eigenvalue weighted by Crippen LogP contribution is 2.42. The molecule has 0 aliphatic carbocycles. The van der Waals surface area contributed by atoms with E-state index in [4.69, 9.17) is 23.7 Å². The first-order valence-corrected chi connectivity index (χ1v) is 47.5. The van der Waals surface area contributed by atoms with E-state index < -0.39 is 11.9 Å². The number of halogens is 1. The zero-order valence-electron chi connectivity index (χ0n) is 80.3. The molecule has 0 bridgehead atoms. The highest BCUT2D eigenvalue weighted by Gasteiger charge is 2.30. The summed E-state index contributed by atoms with van der Waals surface area (Å²) in [6.45, 7) is 41.6. The summed E-state index contributed by atoms with van der Waals surface area (Å²) in [7, 11) is 1.42. The average molecular weight is 1830 g/mol. The molecule has 12 aromatic rings. The van der Waals surface area contributed by atoms with E-state index in [1.165, 1.54) is 29.4 Å². The Morgan fingerprint density at radius 3 is 0.679 bits per heavy atom. The van der Waals surface area contributed by atoms with Crippen molar-refractivity contribution in [3.63, 3.8) is 0 Å². The van der Waals surface area contributed by atoms with Crippen LogP contribution in [0.5, 0.6) is 23.0 Å². The molecule has 0 heterocycles. The van der Waals surface area contributed by atoms with Crippen LogP contribution in [0.2, 0.25) is 0 Å². The van der Waals surface area contributed by atoms with Crippen molar-refractivity contribution in [2.45, 2.75) is 235 Å². The van der Waals surface area contributed by atoms with Crippen LogP contribution >= 0.6 is 15.9 Å². The first kappa shape index (κ1) is 103. The maximum absolute atomic E-state index is 12.4. The van der Waals surface area contributed by atoms with Gasteiger partial charge in [0.2, 0.25) is 0 Å². The van der Waals surface area contributed by atoms with Crippen molar-refractivity contribution < 1.29 is 48.3 Å². The number of hydrogen-bond donors (Lipinski definition) is 2. The van der Waals surface area contributed by atoms with Crippen LogP contribution in [-0.2, 0) is 31.2 Å². The number of esters is 1. The molecule has 2 N–H and O–H groups in total. The summed E-state index contributed by atoms with van der Waals surface area (Å²) in [5.74, 6) is 1.43. The Bertz CT molecular complexity index is 5120. The van der Waals surface area contributed by atoms with E-state index in [9.17, 15) is 24.6 Å². The standard InChI is InChI=1S/C30H37NO3.2C29H35NO3.C28H34BrNO/c1-22(2)31(23(3)4)19-18-27(25-14-10-7-11-15-25)28-20-26(30(32)33-5)16-17-29(28)34-21-24-12-8-6-9-13-24;2*1-21(2)30(22(3)4)18-17-26(24-13-9-6-10-14-24)27-19-25(29(31)32)15-16-28(27)33-20-23-11-7-5-8-12-23;1-21(2)30(22(3)4)18-17-26(24-13-9-6-10-14-24)27-19-25(29)15-16-28(27)31-20-23-11-7-5-8-12-23/h6-17,20,22-23,27H,18-19,21H2,1-5H3;2*5-16,19,21-22,26H,17-18,20H2,1-4H3,(H,31,32);5-16,19,21-22,26H,17-18,20H2,1-4H3/t27-;3*26-/m0000/s1. The van der Waals surface area contributed by atoms with Crippen LogP contribution in [0.4, 0.5) is 0 Å². The molecular formula is C116H141BrN4O10. The summed E-state index contributed by atoms with van der Waals surface area (Å²) in [4.78, 5) is 46.0. The third kappa shape index (κ3) is 32.5. The van der Waals surface area contributed by atoms with Gasteiger partial charge in [-0.05, 0) is 280 Å². The summed E-state index contributed by atoms with van der Waals surface area (Å²) in [6, 6.07) is 109. The molecular weight excluding hydrogens is 1690 g/mol. The van der Waals surface area contributed by atoms with Crippen molar-refractivity contribution in [1.29, 1.82) is 0 Å². The lowest BCUT2D eigenvalue weighted by atomic mass is 9.86. The third-order valence-corrected chi connectivity index (χ3v) is 24.7. The summed E-state index contributed by atoms with van der Waals surface area (Å²) >= 11 is 3.69. The zero-order chi connectivity index (χ0) is 94.3. The fourth-order valence-electron chi connectivity index (χ4n) is 17.5. The number of carboxylic acid groups (broad SMARTS) is 2. The predicted octanol–water partition coefficient (Wildman–Crippen LogP) is 27.6. The van der Waals surface area contributed by atoms with Crippen LogP contribution in [0.15, 0.2) is 320 Å². The van der Waals surface area contributed by atoms with Crippen molar-refractivity contribution in [1.82, 2.24) is 19.6 Å². The topological polar surface area (TPSA) is 151 Å². The van der Waals surface area contributed by atoms with E-state index in [1.54, 1.807) is 42.5 Å². The van der Waals surface area contributed by atoms with Crippen LogP contribution in [0, 0.1) is 0 Å². The SMILES string of the molecule is CC(C)N(CC[C@@H](c1ccccc1)c1cc(Br)ccc1OCc1ccccc1)C(C)C.CC(C)N(CC[C@@H](c1ccccc1)c1cc(C(=O)O)ccc1OCc1ccccc1)C(C)C.CC(C)N(CC[C@@H](c1ccccc1)c1cc(C(=O)O)ccc1OCc1ccccc1)C(C)C.COC(=O)c1ccc(OCc2ccccc2)c([C@@H](CCN(C(C)C)C(C)C)c2ccccc2)c1. The molecule has 0 amide bonds. The lowest BCUT2D eigenvalue weighted by molar-refractivity contribution is 0.0598. The van der Waals surface area contributed by atoms with Gasteiger partial charge in [-0.2, -0.15) is 0 Å². The van der Waals surface area contributed by atoms with Gasteiger partial charge in [0.15, 0.2) is 0 Å². The van der Waals surface area contributed by atoms with Gasteiger partial charge in [-0.25, -0.2) is 14.4 Å². The Kier molecular flexibility index (Phi) is 42.4. The molecule has 131 heavy (non-hydrogen) atoms. The Balaban J connectivity index is 0.000000197. The van der Waals surface area contributed by atoms with Gasteiger partial charge in [0, 0.05) is 98.7 Å². The molecule has 0 saturated carbocycles. The second-order valence-electron chi connectivity index (χ2n) is 35.8. The Morgan fingerprint density at radius 2 is 0.466 bits per heavy atom. The highest BCUT2D eigenvalue weighted by atomic mass is 79.9. The lowest BCUT2D eigenvalue weighted by Crippen LogP contribution is -2.38. The molecule has 0 saturated heterocycles. The number of benzene rings is 12. The van der Waals surface area contributed by atoms with Gasteiger partial charge in [-0.1, -0.05) is 259 Å². The van der Waals surface area contributed by atoms with Gasteiger partial charge in [-0.15, -0.1) is 0 Å². The fraction of sp³-hybridized carbons (Fsp3) is 0.353. The Morgan fingerprint density at radius 1 is 0.267 bits per heavy atom. The van der Waals surface area contributed by atoms with Crippen LogP contribution in [0.25, 0.3) is 0 Å².